The van der Waals surface area contributed by atoms with Crippen molar-refractivity contribution in [3.8, 4) is 5.75 Å². The molecule has 2 rings (SSSR count). The largest absolute Gasteiger partial charge is 0.495 e. The lowest BCUT2D eigenvalue weighted by Crippen LogP contribution is -2.23. The van der Waals surface area contributed by atoms with E-state index in [2.05, 4.69) is 5.32 Å². The Morgan fingerprint density at radius 2 is 1.53 bits per heavy atom. The molecule has 0 saturated carbocycles. The van der Waals surface area contributed by atoms with E-state index in [4.69, 9.17) is 16.3 Å². The van der Waals surface area contributed by atoms with Crippen molar-refractivity contribution >= 4 is 43.2 Å². The summed E-state index contributed by atoms with van der Waals surface area (Å²) in [6, 6.07) is 7.85. The quantitative estimate of drug-likeness (QED) is 0.656. The molecule has 9 nitrogen and oxygen atoms in total. The number of nitrogens with one attached hydrogen (secondary N) is 1. The number of anilines is 1. The summed E-state index contributed by atoms with van der Waals surface area (Å²) in [6.07, 6.45) is 0. The van der Waals surface area contributed by atoms with Crippen LogP contribution in [0.1, 0.15) is 10.4 Å². The fourth-order valence-electron chi connectivity index (χ4n) is 2.39. The minimum Gasteiger partial charge on any atom is -0.495 e. The summed E-state index contributed by atoms with van der Waals surface area (Å²) in [5.74, 6) is -0.435. The molecule has 2 aromatic carbocycles. The van der Waals surface area contributed by atoms with Gasteiger partial charge in [-0.3, -0.25) is 4.79 Å². The van der Waals surface area contributed by atoms with Crippen LogP contribution < -0.4 is 10.1 Å². The van der Waals surface area contributed by atoms with Gasteiger partial charge >= 0.3 is 0 Å². The van der Waals surface area contributed by atoms with Crippen LogP contribution >= 0.6 is 11.6 Å². The molecule has 0 heterocycles. The highest BCUT2D eigenvalue weighted by molar-refractivity contribution is 7.89. The normalized spacial score (nSPS) is 12.3. The van der Waals surface area contributed by atoms with E-state index in [1.165, 1.54) is 65.6 Å². The Balaban J connectivity index is 2.48. The van der Waals surface area contributed by atoms with Crippen molar-refractivity contribution in [2.24, 2.45) is 0 Å². The molecule has 0 unspecified atom stereocenters. The number of benzene rings is 2. The molecule has 0 aliphatic heterocycles. The van der Waals surface area contributed by atoms with Gasteiger partial charge in [-0.1, -0.05) is 11.6 Å². The van der Waals surface area contributed by atoms with Gasteiger partial charge in [0.25, 0.3) is 5.91 Å². The molecular weight excluding hydrogens is 454 g/mol. The van der Waals surface area contributed by atoms with Crippen molar-refractivity contribution in [3.63, 3.8) is 0 Å². The van der Waals surface area contributed by atoms with E-state index in [1.807, 2.05) is 0 Å². The summed E-state index contributed by atoms with van der Waals surface area (Å²) in [6.45, 7) is 0. The Morgan fingerprint density at radius 3 is 2.07 bits per heavy atom. The minimum atomic E-state index is -3.87. The van der Waals surface area contributed by atoms with E-state index >= 15 is 0 Å². The maximum absolute atomic E-state index is 12.8. The third-order valence-electron chi connectivity index (χ3n) is 4.15. The summed E-state index contributed by atoms with van der Waals surface area (Å²) in [4.78, 5) is 12.5. The number of halogens is 1. The van der Waals surface area contributed by atoms with Gasteiger partial charge in [-0.25, -0.2) is 25.4 Å². The van der Waals surface area contributed by atoms with Gasteiger partial charge in [0, 0.05) is 33.8 Å². The summed E-state index contributed by atoms with van der Waals surface area (Å²) in [5, 5.41) is 2.53. The zero-order valence-corrected chi connectivity index (χ0v) is 19.4. The number of sulfonamides is 2. The monoisotopic (exact) mass is 475 g/mol. The number of rotatable bonds is 7. The number of nitrogens with zero attached hydrogens (tertiary/aromatic N) is 2. The predicted molar refractivity (Wildman–Crippen MR) is 114 cm³/mol. The van der Waals surface area contributed by atoms with Crippen molar-refractivity contribution in [3.05, 3.63) is 47.0 Å². The summed E-state index contributed by atoms with van der Waals surface area (Å²) in [7, 11) is -0.776. The van der Waals surface area contributed by atoms with Gasteiger partial charge in [0.15, 0.2) is 0 Å². The lowest BCUT2D eigenvalue weighted by molar-refractivity contribution is 0.102. The van der Waals surface area contributed by atoms with Gasteiger partial charge in [0.05, 0.1) is 22.7 Å². The second-order valence-electron chi connectivity index (χ2n) is 6.54. The van der Waals surface area contributed by atoms with Gasteiger partial charge in [-0.05, 0) is 36.4 Å². The highest BCUT2D eigenvalue weighted by Crippen LogP contribution is 2.30. The van der Waals surface area contributed by atoms with Crippen molar-refractivity contribution in [2.45, 2.75) is 9.79 Å². The molecule has 1 amide bonds. The fraction of sp³-hybridized carbons (Fsp3) is 0.278. The molecular formula is C18H22ClN3O6S2. The maximum Gasteiger partial charge on any atom is 0.255 e. The highest BCUT2D eigenvalue weighted by Gasteiger charge is 2.24. The number of methoxy groups -OCH3 is 1. The molecule has 0 aromatic heterocycles. The Labute approximate surface area is 181 Å². The maximum atomic E-state index is 12.8. The predicted octanol–water partition coefficient (Wildman–Crippen LogP) is 2.10. The van der Waals surface area contributed by atoms with E-state index in [-0.39, 0.29) is 31.8 Å². The van der Waals surface area contributed by atoms with Crippen LogP contribution in [-0.2, 0) is 20.0 Å². The second kappa shape index (κ2) is 8.90. The molecule has 2 aromatic rings. The molecule has 164 valence electrons. The average molecular weight is 476 g/mol. The van der Waals surface area contributed by atoms with Crippen LogP contribution in [0, 0.1) is 0 Å². The first kappa shape index (κ1) is 24.1. The standard InChI is InChI=1S/C18H22ClN3O6S2/c1-21(2)29(24,25)13-7-9-16(28-5)15(11-13)20-18(23)12-6-8-14(19)17(10-12)30(26,27)22(3)4/h6-11H,1-5H3,(H,20,23). The number of hydrogen-bond donors (Lipinski definition) is 1. The molecule has 1 N–H and O–H groups in total. The molecule has 12 heteroatoms. The lowest BCUT2D eigenvalue weighted by atomic mass is 10.2. The Morgan fingerprint density at radius 1 is 0.933 bits per heavy atom. The third kappa shape index (κ3) is 4.76. The number of ether oxygens (including phenoxy) is 1. The van der Waals surface area contributed by atoms with Crippen LogP contribution in [0.2, 0.25) is 5.02 Å². The van der Waals surface area contributed by atoms with E-state index in [1.54, 1.807) is 0 Å². The van der Waals surface area contributed by atoms with Crippen molar-refractivity contribution in [1.29, 1.82) is 0 Å². The Bertz CT molecular complexity index is 1180. The molecule has 0 atom stereocenters. The first-order valence-corrected chi connectivity index (χ1v) is 11.7. The minimum absolute atomic E-state index is 0.0164. The molecule has 0 aliphatic rings. The fourth-order valence-corrected chi connectivity index (χ4v) is 4.71. The summed E-state index contributed by atoms with van der Waals surface area (Å²) < 4.78 is 56.8. The second-order valence-corrected chi connectivity index (χ2v) is 11.2. The van der Waals surface area contributed by atoms with Gasteiger partial charge in [0.2, 0.25) is 20.0 Å². The van der Waals surface area contributed by atoms with E-state index in [9.17, 15) is 21.6 Å². The summed E-state index contributed by atoms with van der Waals surface area (Å²) in [5.41, 5.74) is 0.125. The molecule has 0 bridgehead atoms. The van der Waals surface area contributed by atoms with Gasteiger partial charge < -0.3 is 10.1 Å². The average Bonchev–Trinajstić information content (AvgIpc) is 2.67. The topological polar surface area (TPSA) is 113 Å². The third-order valence-corrected chi connectivity index (χ3v) is 8.26. The summed E-state index contributed by atoms with van der Waals surface area (Å²) >= 11 is 6.01. The lowest BCUT2D eigenvalue weighted by Gasteiger charge is -2.16. The molecule has 0 saturated heterocycles. The van der Waals surface area contributed by atoms with Crippen LogP contribution in [0.25, 0.3) is 0 Å². The van der Waals surface area contributed by atoms with Crippen LogP contribution in [0.15, 0.2) is 46.2 Å². The zero-order valence-electron chi connectivity index (χ0n) is 17.0. The van der Waals surface area contributed by atoms with Gasteiger partial charge in [0.1, 0.15) is 10.6 Å². The van der Waals surface area contributed by atoms with Crippen LogP contribution in [0.3, 0.4) is 0 Å². The van der Waals surface area contributed by atoms with E-state index < -0.39 is 26.0 Å². The van der Waals surface area contributed by atoms with Crippen LogP contribution in [0.4, 0.5) is 5.69 Å². The van der Waals surface area contributed by atoms with Gasteiger partial charge in [-0.2, -0.15) is 0 Å². The van der Waals surface area contributed by atoms with Crippen molar-refractivity contribution in [2.75, 3.05) is 40.6 Å². The zero-order chi connectivity index (χ0) is 22.9. The Kier molecular flexibility index (Phi) is 7.15. The SMILES string of the molecule is COc1ccc(S(=O)(=O)N(C)C)cc1NC(=O)c1ccc(Cl)c(S(=O)(=O)N(C)C)c1. The first-order valence-electron chi connectivity index (χ1n) is 8.46. The number of amides is 1. The van der Waals surface area contributed by atoms with Crippen LogP contribution in [-0.4, -0.2) is 66.7 Å². The first-order chi connectivity index (χ1) is 13.8. The molecule has 0 fully saturated rings. The number of carbonyl (C=O) groups excluding carboxylic acids is 1. The van der Waals surface area contributed by atoms with E-state index in [0.717, 1.165) is 14.7 Å². The highest BCUT2D eigenvalue weighted by atomic mass is 35.5. The van der Waals surface area contributed by atoms with Gasteiger partial charge in [-0.15, -0.1) is 0 Å². The molecule has 0 radical (unpaired) electrons. The number of carbonyl (C=O) groups is 1. The molecule has 0 spiro atoms. The molecule has 0 aliphatic carbocycles. The van der Waals surface area contributed by atoms with Crippen molar-refractivity contribution in [1.82, 2.24) is 8.61 Å². The number of hydrogen-bond acceptors (Lipinski definition) is 6. The molecule has 30 heavy (non-hydrogen) atoms. The van der Waals surface area contributed by atoms with E-state index in [0.29, 0.717) is 0 Å². The van der Waals surface area contributed by atoms with Crippen molar-refractivity contribution < 1.29 is 26.4 Å². The smallest absolute Gasteiger partial charge is 0.255 e. The van der Waals surface area contributed by atoms with Crippen LogP contribution in [0.5, 0.6) is 5.75 Å². The Hall–Kier alpha value is -2.18.